The quantitative estimate of drug-likeness (QED) is 0.445. The summed E-state index contributed by atoms with van der Waals surface area (Å²) in [5, 5.41) is 16.1. The fourth-order valence-corrected chi connectivity index (χ4v) is 25.5. The Labute approximate surface area is 159 Å². The van der Waals surface area contributed by atoms with Crippen molar-refractivity contribution < 1.29 is 30.2 Å². The van der Waals surface area contributed by atoms with Crippen LogP contribution in [0.1, 0.15) is 68.2 Å². The second kappa shape index (κ2) is 9.62. The topological polar surface area (TPSA) is 40.5 Å². The predicted octanol–water partition coefficient (Wildman–Crippen LogP) is 6.01. The summed E-state index contributed by atoms with van der Waals surface area (Å²) < 4.78 is 7.04. The molecule has 1 fully saturated rings. The van der Waals surface area contributed by atoms with Crippen LogP contribution in [0.2, 0.25) is 8.35 Å². The van der Waals surface area contributed by atoms with E-state index < -0.39 is 20.0 Å². The SMILES string of the molecule is CC(C)O.CC(C)O.CC1=C(C)C[C]([Hf]2([C]3=CC(C)=C(C)C3)[CH2][CH2]2)=C1. The van der Waals surface area contributed by atoms with Gasteiger partial charge < -0.3 is 10.2 Å². The molecule has 142 valence electrons. The van der Waals surface area contributed by atoms with Gasteiger partial charge in [-0.2, -0.15) is 0 Å². The average Bonchev–Trinajstić information content (AvgIpc) is 3.10. The number of allylic oxidation sites excluding steroid dienone is 8. The van der Waals surface area contributed by atoms with Crippen LogP contribution >= 0.6 is 0 Å². The summed E-state index contributed by atoms with van der Waals surface area (Å²) in [4.78, 5) is 0. The van der Waals surface area contributed by atoms with Crippen molar-refractivity contribution in [1.82, 2.24) is 0 Å². The Morgan fingerprint density at radius 3 is 1.16 bits per heavy atom. The molecule has 3 aliphatic rings. The summed E-state index contributed by atoms with van der Waals surface area (Å²) in [5.41, 5.74) is 6.38. The average molecular weight is 513 g/mol. The Kier molecular flexibility index (Phi) is 8.77. The Bertz CT molecular complexity index is 544. The molecule has 0 unspecified atom stereocenters. The van der Waals surface area contributed by atoms with Gasteiger partial charge in [-0.1, -0.05) is 0 Å². The van der Waals surface area contributed by atoms with Crippen molar-refractivity contribution >= 4 is 0 Å². The molecular weight excluding hydrogens is 475 g/mol. The molecule has 0 aromatic carbocycles. The summed E-state index contributed by atoms with van der Waals surface area (Å²) in [6, 6.07) is 0. The van der Waals surface area contributed by atoms with E-state index in [4.69, 9.17) is 10.2 Å². The molecule has 3 rings (SSSR count). The van der Waals surface area contributed by atoms with E-state index in [1.54, 1.807) is 58.3 Å². The maximum absolute atomic E-state index is 8.06. The maximum atomic E-state index is 8.06. The van der Waals surface area contributed by atoms with Gasteiger partial charge in [-0.15, -0.1) is 0 Å². The van der Waals surface area contributed by atoms with Gasteiger partial charge in [-0.25, -0.2) is 0 Å². The van der Waals surface area contributed by atoms with Gasteiger partial charge in [0, 0.05) is 12.2 Å². The third-order valence-corrected chi connectivity index (χ3v) is 21.5. The van der Waals surface area contributed by atoms with Gasteiger partial charge >= 0.3 is 110 Å². The van der Waals surface area contributed by atoms with Crippen molar-refractivity contribution in [3.8, 4) is 0 Å². The van der Waals surface area contributed by atoms with Gasteiger partial charge in [-0.05, 0) is 27.7 Å². The molecule has 0 aromatic heterocycles. The van der Waals surface area contributed by atoms with Crippen LogP contribution in [0.4, 0.5) is 0 Å². The van der Waals surface area contributed by atoms with E-state index in [2.05, 4.69) is 39.8 Å². The molecule has 0 amide bonds. The molecule has 0 spiro atoms. The normalized spacial score (nSPS) is 21.0. The summed E-state index contributed by atoms with van der Waals surface area (Å²) in [7, 11) is 0. The second-order valence-corrected chi connectivity index (χ2v) is 24.4. The van der Waals surface area contributed by atoms with Crippen molar-refractivity contribution in [1.29, 1.82) is 0 Å². The zero-order valence-corrected chi connectivity index (χ0v) is 21.1. The molecule has 0 saturated carbocycles. The monoisotopic (exact) mass is 514 g/mol. The minimum atomic E-state index is -2.07. The predicted molar refractivity (Wildman–Crippen MR) is 106 cm³/mol. The molecule has 0 aromatic rings. The van der Waals surface area contributed by atoms with E-state index in [-0.39, 0.29) is 12.2 Å². The Hall–Kier alpha value is -0.250. The fourth-order valence-electron chi connectivity index (χ4n) is 3.31. The number of rotatable bonds is 2. The van der Waals surface area contributed by atoms with E-state index in [0.717, 1.165) is 0 Å². The molecule has 0 bridgehead atoms. The van der Waals surface area contributed by atoms with Crippen LogP contribution in [0.5, 0.6) is 0 Å². The second-order valence-electron chi connectivity index (χ2n) is 8.39. The molecule has 2 N–H and O–H groups in total. The standard InChI is InChI=1S/2C7H9.2C3H8O.C2H4.Hf/c2*1-6-4-3-5-7(6)2;2*1-3(2)4;1-2;/h2*4H,5H2,1-2H3;2*3-4H,1-2H3;1-2H2;. The number of hydrogen-bond acceptors (Lipinski definition) is 2. The molecular formula is C22H38HfO2. The van der Waals surface area contributed by atoms with Crippen molar-refractivity contribution in [3.05, 3.63) is 41.1 Å². The zero-order valence-electron chi connectivity index (χ0n) is 17.5. The first-order valence-electron chi connectivity index (χ1n) is 9.60. The molecule has 1 heterocycles. The summed E-state index contributed by atoms with van der Waals surface area (Å²) in [5.74, 6) is 0. The third kappa shape index (κ3) is 6.77. The summed E-state index contributed by atoms with van der Waals surface area (Å²) >= 11 is -2.07. The first-order valence-corrected chi connectivity index (χ1v) is 18.3. The first kappa shape index (κ1) is 22.8. The molecule has 25 heavy (non-hydrogen) atoms. The van der Waals surface area contributed by atoms with Gasteiger partial charge in [0.15, 0.2) is 0 Å². The first-order chi connectivity index (χ1) is 11.5. The molecule has 1 saturated heterocycles. The van der Waals surface area contributed by atoms with Crippen LogP contribution in [0.3, 0.4) is 0 Å². The Morgan fingerprint density at radius 2 is 1.00 bits per heavy atom. The number of aliphatic hydroxyl groups excluding tert-OH is 2. The Morgan fingerprint density at radius 1 is 0.720 bits per heavy atom. The van der Waals surface area contributed by atoms with Crippen molar-refractivity contribution in [2.45, 2.75) is 88.8 Å². The molecule has 1 aliphatic heterocycles. The molecule has 2 nitrogen and oxygen atoms in total. The minimum absolute atomic E-state index is 0.167. The van der Waals surface area contributed by atoms with E-state index in [0.29, 0.717) is 0 Å². The number of hydrogen-bond donors (Lipinski definition) is 2. The van der Waals surface area contributed by atoms with Crippen LogP contribution in [-0.4, -0.2) is 22.4 Å². The van der Waals surface area contributed by atoms with Gasteiger partial charge in [0.1, 0.15) is 0 Å². The van der Waals surface area contributed by atoms with E-state index in [1.807, 2.05) is 6.66 Å². The van der Waals surface area contributed by atoms with Crippen LogP contribution in [0.25, 0.3) is 0 Å². The van der Waals surface area contributed by atoms with Crippen LogP contribution < -0.4 is 0 Å². The fraction of sp³-hybridized carbons (Fsp3) is 0.636. The van der Waals surface area contributed by atoms with Gasteiger partial charge in [-0.3, -0.25) is 0 Å². The van der Waals surface area contributed by atoms with Crippen molar-refractivity contribution in [2.75, 3.05) is 0 Å². The van der Waals surface area contributed by atoms with Crippen LogP contribution in [0.15, 0.2) is 41.1 Å². The van der Waals surface area contributed by atoms with E-state index in [1.165, 1.54) is 12.8 Å². The van der Waals surface area contributed by atoms with E-state index >= 15 is 0 Å². The van der Waals surface area contributed by atoms with Gasteiger partial charge in [0.2, 0.25) is 0 Å². The van der Waals surface area contributed by atoms with Gasteiger partial charge in [0.25, 0.3) is 0 Å². The van der Waals surface area contributed by atoms with Gasteiger partial charge in [0.05, 0.1) is 0 Å². The summed E-state index contributed by atoms with van der Waals surface area (Å²) in [6.07, 6.45) is 7.44. The van der Waals surface area contributed by atoms with Crippen LogP contribution in [-0.2, 0) is 20.0 Å². The van der Waals surface area contributed by atoms with Crippen molar-refractivity contribution in [2.24, 2.45) is 0 Å². The van der Waals surface area contributed by atoms with E-state index in [9.17, 15) is 0 Å². The van der Waals surface area contributed by atoms with Crippen LogP contribution in [0, 0.1) is 0 Å². The molecule has 0 atom stereocenters. The zero-order chi connectivity index (χ0) is 19.4. The molecule has 3 heteroatoms. The number of aliphatic hydroxyl groups is 2. The summed E-state index contributed by atoms with van der Waals surface area (Å²) in [6.45, 7) is 16.1. The van der Waals surface area contributed by atoms with Crippen molar-refractivity contribution in [3.63, 3.8) is 0 Å². The molecule has 2 aliphatic carbocycles. The third-order valence-electron chi connectivity index (χ3n) is 5.02. The molecule has 0 radical (unpaired) electrons. The Balaban J connectivity index is 0.000000333.